The summed E-state index contributed by atoms with van der Waals surface area (Å²) < 4.78 is 68.5. The number of rotatable bonds is 78. The number of hydrogen-bond acceptors (Lipinski definition) is 15. The molecule has 0 fully saturated rings. The van der Waals surface area contributed by atoms with E-state index in [4.69, 9.17) is 37.0 Å². The van der Waals surface area contributed by atoms with E-state index in [1.165, 1.54) is 218 Å². The second-order valence-electron chi connectivity index (χ2n) is 30.0. The first-order valence-corrected chi connectivity index (χ1v) is 44.4. The topological polar surface area (TPSA) is 237 Å². The minimum absolute atomic E-state index is 0.101. The van der Waals surface area contributed by atoms with Crippen LogP contribution in [0.2, 0.25) is 0 Å². The third kappa shape index (κ3) is 72.8. The molecule has 17 nitrogen and oxygen atoms in total. The molecule has 588 valence electrons. The van der Waals surface area contributed by atoms with Crippen LogP contribution in [0.5, 0.6) is 0 Å². The molecule has 0 amide bonds. The minimum Gasteiger partial charge on any atom is -0.462 e. The Bertz CT molecular complexity index is 1920. The molecule has 0 aliphatic heterocycles. The summed E-state index contributed by atoms with van der Waals surface area (Å²) in [4.78, 5) is 72.8. The van der Waals surface area contributed by atoms with Crippen LogP contribution in [0.15, 0.2) is 0 Å². The van der Waals surface area contributed by atoms with Crippen LogP contribution < -0.4 is 0 Å². The summed E-state index contributed by atoms with van der Waals surface area (Å²) >= 11 is 0. The Balaban J connectivity index is 5.16. The lowest BCUT2D eigenvalue weighted by Gasteiger charge is -2.21. The molecule has 0 aromatic carbocycles. The monoisotopic (exact) mass is 1450 g/mol. The van der Waals surface area contributed by atoms with Gasteiger partial charge in [0.05, 0.1) is 26.4 Å². The number of carbonyl (C=O) groups is 4. The number of aliphatic hydroxyl groups is 1. The van der Waals surface area contributed by atoms with Gasteiger partial charge in [-0.2, -0.15) is 0 Å². The van der Waals surface area contributed by atoms with Crippen LogP contribution >= 0.6 is 15.6 Å². The molecule has 19 heteroatoms. The molecule has 0 aromatic heterocycles. The first kappa shape index (κ1) is 97.1. The Morgan fingerprint density at radius 2 is 0.515 bits per heavy atom. The fourth-order valence-corrected chi connectivity index (χ4v) is 13.9. The molecule has 3 unspecified atom stereocenters. The Labute approximate surface area is 607 Å². The largest absolute Gasteiger partial charge is 0.472 e. The van der Waals surface area contributed by atoms with Crippen molar-refractivity contribution >= 4 is 39.5 Å². The van der Waals surface area contributed by atoms with Crippen molar-refractivity contribution in [2.75, 3.05) is 39.6 Å². The molecule has 0 heterocycles. The standard InChI is InChI=1S/C80H156O17P2/c1-8-10-11-12-13-14-15-16-17-18-19-23-26-29-32-35-38-47-54-61-77(82)90-67-75(96-79(84)63-56-49-39-36-33-30-27-24-21-20-22-25-28-31-34-37-46-53-60-73(7)9-2)69-94-98(86,87)92-65-74(81)66-93-99(88,89)95-70-76(97-80(85)64-57-50-43-41-45-52-59-72(5)6)68-91-78(83)62-55-48-42-40-44-51-58-71(3)4/h71-76,81H,8-70H2,1-7H3,(H,86,87)(H,88,89)/t73?,74-,75-,76-/m1/s1. The zero-order valence-corrected chi connectivity index (χ0v) is 66.8. The van der Waals surface area contributed by atoms with Gasteiger partial charge in [-0.3, -0.25) is 37.3 Å². The Morgan fingerprint density at radius 3 is 0.768 bits per heavy atom. The first-order valence-electron chi connectivity index (χ1n) is 41.4. The number of hydrogen-bond donors (Lipinski definition) is 3. The zero-order chi connectivity index (χ0) is 73.0. The van der Waals surface area contributed by atoms with Gasteiger partial charge in [0.25, 0.3) is 0 Å². The molecule has 0 radical (unpaired) electrons. The van der Waals surface area contributed by atoms with Crippen molar-refractivity contribution < 1.29 is 80.2 Å². The predicted molar refractivity (Wildman–Crippen MR) is 405 cm³/mol. The van der Waals surface area contributed by atoms with Gasteiger partial charge < -0.3 is 33.8 Å². The van der Waals surface area contributed by atoms with Crippen molar-refractivity contribution in [3.8, 4) is 0 Å². The van der Waals surface area contributed by atoms with E-state index in [1.807, 2.05) is 0 Å². The molecule has 6 atom stereocenters. The van der Waals surface area contributed by atoms with Gasteiger partial charge in [-0.15, -0.1) is 0 Å². The van der Waals surface area contributed by atoms with E-state index in [9.17, 15) is 43.2 Å². The Kier molecular flexibility index (Phi) is 69.0. The lowest BCUT2D eigenvalue weighted by molar-refractivity contribution is -0.161. The van der Waals surface area contributed by atoms with Gasteiger partial charge in [-0.1, -0.05) is 363 Å². The summed E-state index contributed by atoms with van der Waals surface area (Å²) in [5, 5.41) is 10.6. The van der Waals surface area contributed by atoms with E-state index in [-0.39, 0.29) is 25.7 Å². The van der Waals surface area contributed by atoms with E-state index >= 15 is 0 Å². The highest BCUT2D eigenvalue weighted by Gasteiger charge is 2.30. The van der Waals surface area contributed by atoms with Crippen LogP contribution in [0.4, 0.5) is 0 Å². The van der Waals surface area contributed by atoms with Gasteiger partial charge in [0.15, 0.2) is 12.2 Å². The molecular weight excluding hydrogens is 1290 g/mol. The van der Waals surface area contributed by atoms with E-state index in [2.05, 4.69) is 48.5 Å². The normalized spacial score (nSPS) is 14.3. The fourth-order valence-electron chi connectivity index (χ4n) is 12.3. The summed E-state index contributed by atoms with van der Waals surface area (Å²) in [7, 11) is -9.91. The summed E-state index contributed by atoms with van der Waals surface area (Å²) in [5.41, 5.74) is 0. The Morgan fingerprint density at radius 1 is 0.293 bits per heavy atom. The van der Waals surface area contributed by atoms with Crippen LogP contribution in [0, 0.1) is 17.8 Å². The third-order valence-electron chi connectivity index (χ3n) is 19.0. The van der Waals surface area contributed by atoms with Crippen molar-refractivity contribution in [1.82, 2.24) is 0 Å². The molecule has 0 rings (SSSR count). The van der Waals surface area contributed by atoms with Crippen LogP contribution in [0.3, 0.4) is 0 Å². The fraction of sp³-hybridized carbons (Fsp3) is 0.950. The number of ether oxygens (including phenoxy) is 4. The molecule has 0 bridgehead atoms. The van der Waals surface area contributed by atoms with Crippen molar-refractivity contribution in [1.29, 1.82) is 0 Å². The van der Waals surface area contributed by atoms with Gasteiger partial charge >= 0.3 is 39.5 Å². The summed E-state index contributed by atoms with van der Waals surface area (Å²) in [6.45, 7) is 11.8. The van der Waals surface area contributed by atoms with Crippen LogP contribution in [-0.2, 0) is 65.4 Å². The van der Waals surface area contributed by atoms with Crippen LogP contribution in [0.25, 0.3) is 0 Å². The number of phosphoric acid groups is 2. The van der Waals surface area contributed by atoms with Gasteiger partial charge in [0.1, 0.15) is 19.3 Å². The second kappa shape index (κ2) is 70.4. The smallest absolute Gasteiger partial charge is 0.462 e. The van der Waals surface area contributed by atoms with Crippen LogP contribution in [0.1, 0.15) is 414 Å². The van der Waals surface area contributed by atoms with E-state index < -0.39 is 97.5 Å². The number of esters is 4. The summed E-state index contributed by atoms with van der Waals surface area (Å²) in [6, 6.07) is 0. The molecule has 0 aliphatic rings. The molecule has 0 aromatic rings. The highest BCUT2D eigenvalue weighted by Crippen LogP contribution is 2.45. The number of carbonyl (C=O) groups excluding carboxylic acids is 4. The minimum atomic E-state index is -4.96. The molecule has 99 heavy (non-hydrogen) atoms. The van der Waals surface area contributed by atoms with Gasteiger partial charge in [0.2, 0.25) is 0 Å². The lowest BCUT2D eigenvalue weighted by Crippen LogP contribution is -2.30. The van der Waals surface area contributed by atoms with Crippen molar-refractivity contribution in [2.24, 2.45) is 17.8 Å². The quantitative estimate of drug-likeness (QED) is 0.0222. The average Bonchev–Trinajstić information content (AvgIpc) is 1.03. The van der Waals surface area contributed by atoms with Crippen molar-refractivity contribution in [2.45, 2.75) is 433 Å². The molecular formula is C80H156O17P2. The number of unbranched alkanes of at least 4 members (excludes halogenated alkanes) is 45. The molecule has 0 saturated carbocycles. The SMILES string of the molecule is CCCCCCCCCCCCCCCCCCCCCC(=O)OC[C@H](COP(=O)(O)OC[C@@H](O)COP(=O)(O)OC[C@@H](COC(=O)CCCCCCCCC(C)C)OC(=O)CCCCCCCCC(C)C)OC(=O)CCCCCCCCCCCCCCCCCCCCC(C)CC. The highest BCUT2D eigenvalue weighted by atomic mass is 31.2. The maximum absolute atomic E-state index is 13.1. The number of phosphoric ester groups is 2. The second-order valence-corrected chi connectivity index (χ2v) is 32.9. The van der Waals surface area contributed by atoms with E-state index in [0.29, 0.717) is 37.5 Å². The van der Waals surface area contributed by atoms with Crippen LogP contribution in [-0.4, -0.2) is 96.7 Å². The predicted octanol–water partition coefficient (Wildman–Crippen LogP) is 23.7. The summed E-state index contributed by atoms with van der Waals surface area (Å²) in [5.74, 6) is 0.0983. The van der Waals surface area contributed by atoms with E-state index in [1.54, 1.807) is 0 Å². The summed E-state index contributed by atoms with van der Waals surface area (Å²) in [6.07, 6.45) is 58.9. The maximum Gasteiger partial charge on any atom is 0.472 e. The highest BCUT2D eigenvalue weighted by molar-refractivity contribution is 7.47. The zero-order valence-electron chi connectivity index (χ0n) is 65.0. The average molecular weight is 1450 g/mol. The molecule has 0 aliphatic carbocycles. The third-order valence-corrected chi connectivity index (χ3v) is 20.9. The Hall–Kier alpha value is -1.94. The number of aliphatic hydroxyl groups excluding tert-OH is 1. The molecule has 0 spiro atoms. The van der Waals surface area contributed by atoms with Crippen molar-refractivity contribution in [3.05, 3.63) is 0 Å². The van der Waals surface area contributed by atoms with Crippen molar-refractivity contribution in [3.63, 3.8) is 0 Å². The van der Waals surface area contributed by atoms with Gasteiger partial charge in [-0.05, 0) is 43.4 Å². The first-order chi connectivity index (χ1) is 47.8. The molecule has 3 N–H and O–H groups in total. The molecule has 0 saturated heterocycles. The maximum atomic E-state index is 13.1. The lowest BCUT2D eigenvalue weighted by atomic mass is 9.99. The van der Waals surface area contributed by atoms with Gasteiger partial charge in [-0.25, -0.2) is 9.13 Å². The van der Waals surface area contributed by atoms with Gasteiger partial charge in [0, 0.05) is 25.7 Å². The van der Waals surface area contributed by atoms with E-state index in [0.717, 1.165) is 102 Å².